The summed E-state index contributed by atoms with van der Waals surface area (Å²) in [6, 6.07) is 8.71. The third kappa shape index (κ3) is 2.04. The third-order valence-electron chi connectivity index (χ3n) is 4.31. The molecule has 0 spiro atoms. The Bertz CT molecular complexity index is 829. The Kier molecular flexibility index (Phi) is 3.45. The van der Waals surface area contributed by atoms with Gasteiger partial charge in [-0.25, -0.2) is 0 Å². The molecule has 0 saturated heterocycles. The van der Waals surface area contributed by atoms with E-state index in [9.17, 15) is 14.4 Å². The predicted octanol–water partition coefficient (Wildman–Crippen LogP) is 0.981. The van der Waals surface area contributed by atoms with Crippen molar-refractivity contribution in [3.8, 4) is 0 Å². The van der Waals surface area contributed by atoms with E-state index >= 15 is 0 Å². The van der Waals surface area contributed by atoms with Crippen LogP contribution in [0.25, 0.3) is 0 Å². The van der Waals surface area contributed by atoms with E-state index in [1.54, 1.807) is 30.3 Å². The Hall–Kier alpha value is -2.67. The minimum Gasteiger partial charge on any atom is -0.390 e. The molecule has 1 atom stereocenters. The highest BCUT2D eigenvalue weighted by Gasteiger charge is 2.50. The summed E-state index contributed by atoms with van der Waals surface area (Å²) in [5.74, 6) is -1.78. The number of hydrogen-bond donors (Lipinski definition) is 3. The fourth-order valence-corrected chi connectivity index (χ4v) is 4.31. The summed E-state index contributed by atoms with van der Waals surface area (Å²) >= 11 is 0.987. The Morgan fingerprint density at radius 1 is 1.13 bits per heavy atom. The second-order valence-electron chi connectivity index (χ2n) is 5.48. The first-order chi connectivity index (χ1) is 10.9. The molecular formula is C16H15N3O3S. The largest absolute Gasteiger partial charge is 0.390 e. The molecule has 2 aromatic rings. The molecule has 1 aliphatic rings. The first-order valence-corrected chi connectivity index (χ1v) is 7.82. The summed E-state index contributed by atoms with van der Waals surface area (Å²) in [6.07, 6.45) is 0.527. The molecule has 7 heteroatoms. The molecule has 1 aliphatic carbocycles. The molecule has 3 rings (SSSR count). The van der Waals surface area contributed by atoms with E-state index in [0.29, 0.717) is 22.4 Å². The van der Waals surface area contributed by atoms with Crippen LogP contribution in [-0.2, 0) is 16.6 Å². The highest BCUT2D eigenvalue weighted by Crippen LogP contribution is 2.44. The molecule has 118 valence electrons. The van der Waals surface area contributed by atoms with E-state index in [2.05, 4.69) is 0 Å². The molecule has 1 unspecified atom stereocenters. The topological polar surface area (TPSA) is 129 Å². The standard InChI is InChI=1S/C16H15N3O3S/c17-13(21)10-9-6-7-16(15(19)22,8-4-2-1-3-5-8)12(20)11(9)23-14(10)18/h1-5H,6-7,18H2,(H2,17,21)(H2,19,22). The van der Waals surface area contributed by atoms with E-state index in [4.69, 9.17) is 17.2 Å². The van der Waals surface area contributed by atoms with E-state index in [0.717, 1.165) is 11.3 Å². The highest BCUT2D eigenvalue weighted by molar-refractivity contribution is 7.18. The van der Waals surface area contributed by atoms with Gasteiger partial charge in [-0.1, -0.05) is 30.3 Å². The first-order valence-electron chi connectivity index (χ1n) is 7.00. The van der Waals surface area contributed by atoms with Crippen LogP contribution in [0.1, 0.15) is 37.6 Å². The molecule has 1 heterocycles. The van der Waals surface area contributed by atoms with Crippen LogP contribution >= 0.6 is 11.3 Å². The minimum absolute atomic E-state index is 0.185. The lowest BCUT2D eigenvalue weighted by Gasteiger charge is -2.33. The maximum Gasteiger partial charge on any atom is 0.251 e. The van der Waals surface area contributed by atoms with Gasteiger partial charge in [0.15, 0.2) is 5.78 Å². The first kappa shape index (κ1) is 15.2. The summed E-state index contributed by atoms with van der Waals surface area (Å²) in [6.45, 7) is 0. The number of fused-ring (bicyclic) bond motifs is 1. The van der Waals surface area contributed by atoms with Crippen LogP contribution in [-0.4, -0.2) is 17.6 Å². The number of hydrogen-bond acceptors (Lipinski definition) is 5. The van der Waals surface area contributed by atoms with Gasteiger partial charge in [0.2, 0.25) is 5.91 Å². The Morgan fingerprint density at radius 3 is 2.35 bits per heavy atom. The van der Waals surface area contributed by atoms with Crippen molar-refractivity contribution in [2.45, 2.75) is 18.3 Å². The van der Waals surface area contributed by atoms with Crippen molar-refractivity contribution in [2.24, 2.45) is 11.5 Å². The number of anilines is 1. The molecule has 0 aliphatic heterocycles. The van der Waals surface area contributed by atoms with Crippen LogP contribution in [0, 0.1) is 0 Å². The fraction of sp³-hybridized carbons (Fsp3) is 0.188. The lowest BCUT2D eigenvalue weighted by Crippen LogP contribution is -2.50. The number of carbonyl (C=O) groups excluding carboxylic acids is 3. The van der Waals surface area contributed by atoms with E-state index in [1.165, 1.54) is 0 Å². The van der Waals surface area contributed by atoms with Gasteiger partial charge in [-0.2, -0.15) is 0 Å². The van der Waals surface area contributed by atoms with Crippen molar-refractivity contribution in [2.75, 3.05) is 5.73 Å². The molecule has 1 aromatic heterocycles. The van der Waals surface area contributed by atoms with Gasteiger partial charge in [-0.3, -0.25) is 14.4 Å². The number of rotatable bonds is 3. The lowest BCUT2D eigenvalue weighted by atomic mass is 9.67. The second kappa shape index (κ2) is 5.20. The number of Topliss-reactive ketones (excluding diaryl/α,β-unsaturated/α-hetero) is 1. The van der Waals surface area contributed by atoms with E-state index in [-0.39, 0.29) is 17.0 Å². The average molecular weight is 329 g/mol. The summed E-state index contributed by atoms with van der Waals surface area (Å²) < 4.78 is 0. The summed E-state index contributed by atoms with van der Waals surface area (Å²) in [5.41, 5.74) is 16.6. The van der Waals surface area contributed by atoms with Gasteiger partial charge in [-0.05, 0) is 24.0 Å². The van der Waals surface area contributed by atoms with Crippen molar-refractivity contribution < 1.29 is 14.4 Å². The van der Waals surface area contributed by atoms with Crippen LogP contribution in [0.4, 0.5) is 5.00 Å². The Labute approximate surface area is 136 Å². The summed E-state index contributed by atoms with van der Waals surface area (Å²) in [7, 11) is 0. The van der Waals surface area contributed by atoms with Crippen LogP contribution in [0.5, 0.6) is 0 Å². The molecule has 1 aromatic carbocycles. The van der Waals surface area contributed by atoms with Gasteiger partial charge in [0, 0.05) is 0 Å². The Morgan fingerprint density at radius 2 is 1.78 bits per heavy atom. The number of thiophene rings is 1. The second-order valence-corrected chi connectivity index (χ2v) is 6.53. The maximum atomic E-state index is 13.1. The molecular weight excluding hydrogens is 314 g/mol. The fourth-order valence-electron chi connectivity index (χ4n) is 3.17. The lowest BCUT2D eigenvalue weighted by molar-refractivity contribution is -0.122. The van der Waals surface area contributed by atoms with Crippen molar-refractivity contribution in [1.82, 2.24) is 0 Å². The molecule has 6 nitrogen and oxygen atoms in total. The van der Waals surface area contributed by atoms with Gasteiger partial charge in [-0.15, -0.1) is 11.3 Å². The number of carbonyl (C=O) groups is 3. The number of ketones is 1. The van der Waals surface area contributed by atoms with Crippen LogP contribution in [0.3, 0.4) is 0 Å². The van der Waals surface area contributed by atoms with Gasteiger partial charge >= 0.3 is 0 Å². The zero-order valence-electron chi connectivity index (χ0n) is 12.2. The minimum atomic E-state index is -1.43. The van der Waals surface area contributed by atoms with Crippen LogP contribution in [0.15, 0.2) is 30.3 Å². The van der Waals surface area contributed by atoms with Crippen molar-refractivity contribution in [3.05, 3.63) is 51.9 Å². The number of benzene rings is 1. The number of nitrogen functional groups attached to an aromatic ring is 1. The Balaban J connectivity index is 2.22. The van der Waals surface area contributed by atoms with Crippen molar-refractivity contribution in [3.63, 3.8) is 0 Å². The quantitative estimate of drug-likeness (QED) is 0.725. The van der Waals surface area contributed by atoms with Gasteiger partial charge in [0.25, 0.3) is 5.91 Å². The zero-order valence-corrected chi connectivity index (χ0v) is 13.0. The highest BCUT2D eigenvalue weighted by atomic mass is 32.1. The van der Waals surface area contributed by atoms with Crippen LogP contribution < -0.4 is 17.2 Å². The van der Waals surface area contributed by atoms with E-state index in [1.807, 2.05) is 0 Å². The van der Waals surface area contributed by atoms with E-state index < -0.39 is 23.0 Å². The molecule has 0 fully saturated rings. The summed E-state index contributed by atoms with van der Waals surface area (Å²) in [5, 5.41) is 0.198. The molecule has 0 bridgehead atoms. The SMILES string of the molecule is NC(=O)c1c(N)sc2c1CCC(C(N)=O)(c1ccccc1)C2=O. The van der Waals surface area contributed by atoms with Gasteiger partial charge in [0.1, 0.15) is 5.41 Å². The zero-order chi connectivity index (χ0) is 16.8. The van der Waals surface area contributed by atoms with Gasteiger partial charge < -0.3 is 17.2 Å². The predicted molar refractivity (Wildman–Crippen MR) is 87.2 cm³/mol. The maximum absolute atomic E-state index is 13.1. The number of amides is 2. The molecule has 2 amide bonds. The molecule has 0 radical (unpaired) electrons. The smallest absolute Gasteiger partial charge is 0.251 e. The summed E-state index contributed by atoms with van der Waals surface area (Å²) in [4.78, 5) is 37.1. The monoisotopic (exact) mass is 329 g/mol. The van der Waals surface area contributed by atoms with Gasteiger partial charge in [0.05, 0.1) is 15.4 Å². The van der Waals surface area contributed by atoms with Crippen molar-refractivity contribution >= 4 is 33.9 Å². The molecule has 23 heavy (non-hydrogen) atoms. The number of nitrogens with two attached hydrogens (primary N) is 3. The normalized spacial score (nSPS) is 20.1. The van der Waals surface area contributed by atoms with Crippen LogP contribution in [0.2, 0.25) is 0 Å². The number of primary amides is 2. The molecule has 0 saturated carbocycles. The van der Waals surface area contributed by atoms with Crippen molar-refractivity contribution in [1.29, 1.82) is 0 Å². The third-order valence-corrected chi connectivity index (χ3v) is 5.37. The average Bonchev–Trinajstić information content (AvgIpc) is 2.85. The molecule has 6 N–H and O–H groups in total.